The van der Waals surface area contributed by atoms with Crippen LogP contribution < -0.4 is 9.62 Å². The number of para-hydroxylation sites is 1. The molecule has 2 rings (SSSR count). The van der Waals surface area contributed by atoms with E-state index in [4.69, 9.17) is 11.6 Å². The Hall–Kier alpha value is -2.58. The summed E-state index contributed by atoms with van der Waals surface area (Å²) in [7, 11) is -3.77. The van der Waals surface area contributed by atoms with E-state index < -0.39 is 28.5 Å². The summed E-state index contributed by atoms with van der Waals surface area (Å²) in [6, 6.07) is 11.7. The Morgan fingerprint density at radius 2 is 1.62 bits per heavy atom. The maximum Gasteiger partial charge on any atom is 0.244 e. The second-order valence-corrected chi connectivity index (χ2v) is 11.3. The van der Waals surface area contributed by atoms with E-state index in [0.29, 0.717) is 17.3 Å². The van der Waals surface area contributed by atoms with Crippen LogP contribution in [0.2, 0.25) is 5.02 Å². The highest BCUT2D eigenvalue weighted by Gasteiger charge is 2.31. The molecule has 0 aliphatic heterocycles. The molecule has 0 bridgehead atoms. The number of hydrogen-bond donors (Lipinski definition) is 1. The fourth-order valence-electron chi connectivity index (χ4n) is 3.64. The largest absolute Gasteiger partial charge is 0.354 e. The predicted octanol–water partition coefficient (Wildman–Crippen LogP) is 3.91. The van der Waals surface area contributed by atoms with Gasteiger partial charge in [-0.25, -0.2) is 8.42 Å². The summed E-state index contributed by atoms with van der Waals surface area (Å²) in [5.74, 6) is -0.541. The Bertz CT molecular complexity index is 1110. The van der Waals surface area contributed by atoms with Gasteiger partial charge in [-0.1, -0.05) is 55.8 Å². The third-order valence-electron chi connectivity index (χ3n) is 5.46. The van der Waals surface area contributed by atoms with Gasteiger partial charge in [-0.2, -0.15) is 0 Å². The van der Waals surface area contributed by atoms with Gasteiger partial charge in [0.25, 0.3) is 0 Å². The van der Waals surface area contributed by atoms with Crippen LogP contribution in [-0.4, -0.2) is 50.5 Å². The van der Waals surface area contributed by atoms with Crippen molar-refractivity contribution in [2.24, 2.45) is 5.92 Å². The highest BCUT2D eigenvalue weighted by atomic mass is 35.5. The zero-order valence-electron chi connectivity index (χ0n) is 20.6. The summed E-state index contributed by atoms with van der Waals surface area (Å²) < 4.78 is 26.6. The van der Waals surface area contributed by atoms with E-state index in [1.54, 1.807) is 51.1 Å². The SMILES string of the molecule is Cc1cccc(C)c1N(CC(=O)N(Cc1cccc(Cl)c1)[C@H](C)C(=O)NCC(C)C)S(C)(=O)=O. The third kappa shape index (κ3) is 7.46. The number of aryl methyl sites for hydroxylation is 2. The van der Waals surface area contributed by atoms with Crippen molar-refractivity contribution >= 4 is 39.1 Å². The lowest BCUT2D eigenvalue weighted by molar-refractivity contribution is -0.139. The van der Waals surface area contributed by atoms with Crippen LogP contribution in [0.1, 0.15) is 37.5 Å². The van der Waals surface area contributed by atoms with Crippen molar-refractivity contribution in [1.29, 1.82) is 0 Å². The first-order valence-electron chi connectivity index (χ1n) is 11.2. The number of hydrogen-bond acceptors (Lipinski definition) is 4. The molecule has 0 aliphatic carbocycles. The van der Waals surface area contributed by atoms with Crippen LogP contribution in [0.25, 0.3) is 0 Å². The molecule has 0 aromatic heterocycles. The number of amides is 2. The van der Waals surface area contributed by atoms with E-state index in [0.717, 1.165) is 27.3 Å². The van der Waals surface area contributed by atoms with Crippen molar-refractivity contribution in [2.45, 2.75) is 47.2 Å². The van der Waals surface area contributed by atoms with Gasteiger partial charge in [0.1, 0.15) is 12.6 Å². The van der Waals surface area contributed by atoms with Gasteiger partial charge in [0.05, 0.1) is 11.9 Å². The molecule has 0 aliphatic rings. The molecule has 0 spiro atoms. The second-order valence-electron chi connectivity index (χ2n) is 8.98. The number of anilines is 1. The molecule has 7 nitrogen and oxygen atoms in total. The summed E-state index contributed by atoms with van der Waals surface area (Å²) in [5, 5.41) is 3.37. The minimum atomic E-state index is -3.77. The number of nitrogens with zero attached hydrogens (tertiary/aromatic N) is 2. The molecule has 0 radical (unpaired) electrons. The van der Waals surface area contributed by atoms with Gasteiger partial charge in [-0.3, -0.25) is 13.9 Å². The first-order chi connectivity index (χ1) is 15.8. The second kappa shape index (κ2) is 11.7. The Kier molecular flexibility index (Phi) is 9.53. The molecule has 1 N–H and O–H groups in total. The minimum absolute atomic E-state index is 0.111. The van der Waals surface area contributed by atoms with E-state index in [-0.39, 0.29) is 18.4 Å². The molecule has 0 unspecified atom stereocenters. The van der Waals surface area contributed by atoms with Crippen LogP contribution in [0.15, 0.2) is 42.5 Å². The smallest absolute Gasteiger partial charge is 0.244 e. The van der Waals surface area contributed by atoms with Gasteiger partial charge in [-0.15, -0.1) is 0 Å². The average Bonchev–Trinajstić information content (AvgIpc) is 2.73. The molecule has 9 heteroatoms. The average molecular weight is 508 g/mol. The molecule has 34 heavy (non-hydrogen) atoms. The summed E-state index contributed by atoms with van der Waals surface area (Å²) in [6.45, 7) is 9.37. The van der Waals surface area contributed by atoms with E-state index >= 15 is 0 Å². The number of rotatable bonds is 10. The molecule has 0 fully saturated rings. The van der Waals surface area contributed by atoms with Gasteiger partial charge in [0.15, 0.2) is 0 Å². The highest BCUT2D eigenvalue weighted by Crippen LogP contribution is 2.27. The van der Waals surface area contributed by atoms with Crippen molar-refractivity contribution in [3.63, 3.8) is 0 Å². The maximum absolute atomic E-state index is 13.6. The molecule has 0 saturated heterocycles. The van der Waals surface area contributed by atoms with Crippen LogP contribution >= 0.6 is 11.6 Å². The predicted molar refractivity (Wildman–Crippen MR) is 137 cm³/mol. The normalized spacial score (nSPS) is 12.4. The molecular formula is C25H34ClN3O4S. The number of sulfonamides is 1. The quantitative estimate of drug-likeness (QED) is 0.528. The number of halogens is 1. The highest BCUT2D eigenvalue weighted by molar-refractivity contribution is 7.92. The third-order valence-corrected chi connectivity index (χ3v) is 6.81. The van der Waals surface area contributed by atoms with Crippen molar-refractivity contribution in [2.75, 3.05) is 23.7 Å². The lowest BCUT2D eigenvalue weighted by atomic mass is 10.1. The van der Waals surface area contributed by atoms with E-state index in [1.165, 1.54) is 4.90 Å². The van der Waals surface area contributed by atoms with E-state index in [1.807, 2.05) is 26.0 Å². The van der Waals surface area contributed by atoms with E-state index in [9.17, 15) is 18.0 Å². The first kappa shape index (κ1) is 27.7. The molecule has 2 aromatic rings. The number of carbonyl (C=O) groups excluding carboxylic acids is 2. The topological polar surface area (TPSA) is 86.8 Å². The van der Waals surface area contributed by atoms with Crippen molar-refractivity contribution < 1.29 is 18.0 Å². The van der Waals surface area contributed by atoms with E-state index in [2.05, 4.69) is 5.32 Å². The van der Waals surface area contributed by atoms with Crippen LogP contribution in [0.5, 0.6) is 0 Å². The van der Waals surface area contributed by atoms with Gasteiger partial charge in [0, 0.05) is 18.1 Å². The molecular weight excluding hydrogens is 474 g/mol. The molecule has 2 aromatic carbocycles. The van der Waals surface area contributed by atoms with Crippen LogP contribution in [0.3, 0.4) is 0 Å². The standard InChI is InChI=1S/C25H34ClN3O4S/c1-17(2)14-27-25(31)20(5)28(15-21-11-8-12-22(26)13-21)23(30)16-29(34(6,32)33)24-18(3)9-7-10-19(24)4/h7-13,17,20H,14-16H2,1-6H3,(H,27,31)/t20-/m1/s1. The monoisotopic (exact) mass is 507 g/mol. The number of carbonyl (C=O) groups is 2. The molecule has 0 saturated carbocycles. The van der Waals surface area contributed by atoms with Gasteiger partial charge in [0.2, 0.25) is 21.8 Å². The number of nitrogens with one attached hydrogen (secondary N) is 1. The van der Waals surface area contributed by atoms with Crippen LogP contribution in [0, 0.1) is 19.8 Å². The van der Waals surface area contributed by atoms with Crippen molar-refractivity contribution in [3.8, 4) is 0 Å². The summed E-state index contributed by atoms with van der Waals surface area (Å²) in [4.78, 5) is 27.8. The van der Waals surface area contributed by atoms with Crippen LogP contribution in [0.4, 0.5) is 5.69 Å². The first-order valence-corrected chi connectivity index (χ1v) is 13.4. The zero-order valence-corrected chi connectivity index (χ0v) is 22.2. The molecule has 1 atom stereocenters. The molecule has 0 heterocycles. The Morgan fingerprint density at radius 1 is 1.03 bits per heavy atom. The lowest BCUT2D eigenvalue weighted by Gasteiger charge is -2.32. The Balaban J connectivity index is 2.43. The van der Waals surface area contributed by atoms with Crippen LogP contribution in [-0.2, 0) is 26.2 Å². The minimum Gasteiger partial charge on any atom is -0.354 e. The molecule has 186 valence electrons. The summed E-state index contributed by atoms with van der Waals surface area (Å²) >= 11 is 6.12. The summed E-state index contributed by atoms with van der Waals surface area (Å²) in [6.07, 6.45) is 1.08. The van der Waals surface area contributed by atoms with Gasteiger partial charge >= 0.3 is 0 Å². The fraction of sp³-hybridized carbons (Fsp3) is 0.440. The Morgan fingerprint density at radius 3 is 2.15 bits per heavy atom. The maximum atomic E-state index is 13.6. The molecule has 2 amide bonds. The summed E-state index contributed by atoms with van der Waals surface area (Å²) in [5.41, 5.74) is 2.69. The Labute approximate surface area is 208 Å². The van der Waals surface area contributed by atoms with Crippen molar-refractivity contribution in [3.05, 3.63) is 64.2 Å². The number of benzene rings is 2. The zero-order chi connectivity index (χ0) is 25.6. The van der Waals surface area contributed by atoms with Gasteiger partial charge in [-0.05, 0) is 55.5 Å². The fourth-order valence-corrected chi connectivity index (χ4v) is 4.82. The lowest BCUT2D eigenvalue weighted by Crippen LogP contribution is -2.51. The van der Waals surface area contributed by atoms with Crippen molar-refractivity contribution in [1.82, 2.24) is 10.2 Å². The van der Waals surface area contributed by atoms with Gasteiger partial charge < -0.3 is 10.2 Å².